The number of nitrogens with zero attached hydrogens (tertiary/aromatic N) is 2. The highest BCUT2D eigenvalue weighted by Gasteiger charge is 2.32. The molecule has 3 heteroatoms. The molecule has 0 saturated carbocycles. The van der Waals surface area contributed by atoms with Crippen molar-refractivity contribution in [1.82, 2.24) is 4.90 Å². The molecule has 2 aromatic rings. The molecule has 0 amide bonds. The van der Waals surface area contributed by atoms with E-state index >= 15 is 0 Å². The fourth-order valence-corrected chi connectivity index (χ4v) is 4.27. The summed E-state index contributed by atoms with van der Waals surface area (Å²) in [5, 5.41) is 1.79. The number of anilines is 1. The zero-order valence-corrected chi connectivity index (χ0v) is 18.1. The molecule has 0 aromatic heterocycles. The average molecular weight is 378 g/mol. The number of benzene rings is 2. The van der Waals surface area contributed by atoms with Crippen LogP contribution >= 0.6 is 0 Å². The Hall–Kier alpha value is -2.10. The third-order valence-corrected chi connectivity index (χ3v) is 6.43. The van der Waals surface area contributed by atoms with E-state index in [-0.39, 0.29) is 0 Å². The average Bonchev–Trinajstić information content (AvgIpc) is 3.15. The number of hydrogen-bond acceptors (Lipinski definition) is 3. The number of hydrogen-bond donors (Lipinski definition) is 1. The molecule has 1 fully saturated rings. The lowest BCUT2D eigenvalue weighted by atomic mass is 10.00. The number of rotatable bonds is 6. The van der Waals surface area contributed by atoms with E-state index in [2.05, 4.69) is 82.5 Å². The van der Waals surface area contributed by atoms with E-state index in [4.69, 9.17) is 5.84 Å². The van der Waals surface area contributed by atoms with Crippen molar-refractivity contribution in [3.8, 4) is 0 Å². The van der Waals surface area contributed by atoms with Crippen molar-refractivity contribution >= 4 is 5.69 Å². The Bertz CT molecular complexity index is 855. The first kappa shape index (κ1) is 20.6. The third kappa shape index (κ3) is 4.31. The van der Waals surface area contributed by atoms with Crippen LogP contribution in [0.5, 0.6) is 0 Å². The first-order chi connectivity index (χ1) is 13.3. The summed E-state index contributed by atoms with van der Waals surface area (Å²) in [7, 11) is 0. The second-order valence-corrected chi connectivity index (χ2v) is 8.50. The maximum absolute atomic E-state index is 6.50. The van der Waals surface area contributed by atoms with E-state index < -0.39 is 0 Å². The van der Waals surface area contributed by atoms with Gasteiger partial charge in [-0.05, 0) is 100 Å². The molecule has 150 valence electrons. The third-order valence-electron chi connectivity index (χ3n) is 6.43. The fraction of sp³-hybridized carbons (Fsp3) is 0.440. The van der Waals surface area contributed by atoms with Gasteiger partial charge in [-0.2, -0.15) is 0 Å². The van der Waals surface area contributed by atoms with E-state index in [0.717, 1.165) is 30.8 Å². The Kier molecular flexibility index (Phi) is 6.26. The molecule has 1 aliphatic rings. The summed E-state index contributed by atoms with van der Waals surface area (Å²) in [4.78, 5) is 2.58. The van der Waals surface area contributed by atoms with Gasteiger partial charge in [0.1, 0.15) is 0 Å². The molecule has 0 radical (unpaired) electrons. The predicted octanol–water partition coefficient (Wildman–Crippen LogP) is 5.21. The van der Waals surface area contributed by atoms with Crippen LogP contribution in [0.1, 0.15) is 47.6 Å². The van der Waals surface area contributed by atoms with Crippen LogP contribution in [0, 0.1) is 27.7 Å². The Morgan fingerprint density at radius 2 is 1.71 bits per heavy atom. The molecule has 3 nitrogen and oxygen atoms in total. The van der Waals surface area contributed by atoms with Crippen molar-refractivity contribution < 1.29 is 0 Å². The molecule has 2 unspecified atom stereocenters. The molecule has 0 spiro atoms. The zero-order valence-electron chi connectivity index (χ0n) is 18.1. The summed E-state index contributed by atoms with van der Waals surface area (Å²) in [6.07, 6.45) is 3.37. The second kappa shape index (κ2) is 8.50. The SMILES string of the molecule is C=C(C1CCCN1C(C)Cc1ccc(C)c(C)c1)N(N)c1ccc(C)c(C)c1. The first-order valence-electron chi connectivity index (χ1n) is 10.4. The molecule has 2 aromatic carbocycles. The Labute approximate surface area is 170 Å². The van der Waals surface area contributed by atoms with Crippen LogP contribution in [-0.2, 0) is 6.42 Å². The van der Waals surface area contributed by atoms with Gasteiger partial charge >= 0.3 is 0 Å². The Morgan fingerprint density at radius 1 is 1.07 bits per heavy atom. The van der Waals surface area contributed by atoms with Gasteiger partial charge in [-0.15, -0.1) is 0 Å². The van der Waals surface area contributed by atoms with Crippen LogP contribution in [0.15, 0.2) is 48.7 Å². The van der Waals surface area contributed by atoms with Crippen LogP contribution in [0.25, 0.3) is 0 Å². The van der Waals surface area contributed by atoms with E-state index in [1.165, 1.54) is 34.2 Å². The van der Waals surface area contributed by atoms with Gasteiger partial charge in [-0.1, -0.05) is 30.8 Å². The fourth-order valence-electron chi connectivity index (χ4n) is 4.27. The molecule has 0 bridgehead atoms. The molecule has 1 saturated heterocycles. The lowest BCUT2D eigenvalue weighted by Crippen LogP contribution is -2.45. The highest BCUT2D eigenvalue weighted by Crippen LogP contribution is 2.30. The molecular formula is C25H35N3. The van der Waals surface area contributed by atoms with Gasteiger partial charge < -0.3 is 0 Å². The number of likely N-dealkylation sites (tertiary alicyclic amines) is 1. The Morgan fingerprint density at radius 3 is 2.36 bits per heavy atom. The molecular weight excluding hydrogens is 342 g/mol. The van der Waals surface area contributed by atoms with Crippen LogP contribution in [0.4, 0.5) is 5.69 Å². The summed E-state index contributed by atoms with van der Waals surface area (Å²) in [5.74, 6) is 6.50. The lowest BCUT2D eigenvalue weighted by Gasteiger charge is -2.35. The van der Waals surface area contributed by atoms with Crippen molar-refractivity contribution in [3.63, 3.8) is 0 Å². The number of nitrogens with two attached hydrogens (primary N) is 1. The number of hydrazine groups is 1. The molecule has 1 heterocycles. The maximum atomic E-state index is 6.50. The minimum atomic E-state index is 0.299. The lowest BCUT2D eigenvalue weighted by molar-refractivity contribution is 0.209. The molecule has 0 aliphatic carbocycles. The van der Waals surface area contributed by atoms with Gasteiger partial charge in [0.2, 0.25) is 0 Å². The summed E-state index contributed by atoms with van der Waals surface area (Å²) < 4.78 is 0. The molecule has 28 heavy (non-hydrogen) atoms. The van der Waals surface area contributed by atoms with E-state index in [9.17, 15) is 0 Å². The highest BCUT2D eigenvalue weighted by molar-refractivity contribution is 5.54. The van der Waals surface area contributed by atoms with Gasteiger partial charge in [0.25, 0.3) is 0 Å². The van der Waals surface area contributed by atoms with Crippen molar-refractivity contribution in [3.05, 3.63) is 76.5 Å². The van der Waals surface area contributed by atoms with Gasteiger partial charge in [0, 0.05) is 11.7 Å². The van der Waals surface area contributed by atoms with Crippen LogP contribution in [-0.4, -0.2) is 23.5 Å². The summed E-state index contributed by atoms with van der Waals surface area (Å²) in [6, 6.07) is 14.0. The van der Waals surface area contributed by atoms with Crippen molar-refractivity contribution in [2.75, 3.05) is 11.6 Å². The minimum absolute atomic E-state index is 0.299. The van der Waals surface area contributed by atoms with Crippen LogP contribution < -0.4 is 10.9 Å². The van der Waals surface area contributed by atoms with Crippen molar-refractivity contribution in [1.29, 1.82) is 0 Å². The predicted molar refractivity (Wildman–Crippen MR) is 121 cm³/mol. The van der Waals surface area contributed by atoms with Crippen molar-refractivity contribution in [2.45, 2.75) is 66.0 Å². The van der Waals surface area contributed by atoms with Gasteiger partial charge in [0.15, 0.2) is 0 Å². The monoisotopic (exact) mass is 377 g/mol. The topological polar surface area (TPSA) is 32.5 Å². The summed E-state index contributed by atoms with van der Waals surface area (Å²) >= 11 is 0. The molecule has 3 rings (SSSR count). The number of aryl methyl sites for hydroxylation is 4. The normalized spacial score (nSPS) is 18.3. The second-order valence-electron chi connectivity index (χ2n) is 8.50. The zero-order chi connectivity index (χ0) is 20.4. The Balaban J connectivity index is 1.72. The van der Waals surface area contributed by atoms with Gasteiger partial charge in [0.05, 0.1) is 11.7 Å². The summed E-state index contributed by atoms with van der Waals surface area (Å²) in [5.41, 5.74) is 8.69. The minimum Gasteiger partial charge on any atom is -0.292 e. The van der Waals surface area contributed by atoms with Gasteiger partial charge in [-0.3, -0.25) is 9.91 Å². The molecule has 1 aliphatic heterocycles. The van der Waals surface area contributed by atoms with Crippen LogP contribution in [0.3, 0.4) is 0 Å². The standard InChI is InChI=1S/C25H35N3/c1-17-9-11-23(14-19(17)3)16-21(5)27-13-7-8-25(27)22(6)28(26)24-12-10-18(2)20(4)15-24/h9-12,14-15,21,25H,6-8,13,16,26H2,1-5H3. The van der Waals surface area contributed by atoms with E-state index in [0.29, 0.717) is 12.1 Å². The molecule has 2 atom stereocenters. The molecule has 2 N–H and O–H groups in total. The first-order valence-corrected chi connectivity index (χ1v) is 10.4. The maximum Gasteiger partial charge on any atom is 0.0574 e. The van der Waals surface area contributed by atoms with E-state index in [1.807, 2.05) is 0 Å². The summed E-state index contributed by atoms with van der Waals surface area (Å²) in [6.45, 7) is 16.4. The van der Waals surface area contributed by atoms with Crippen LogP contribution in [0.2, 0.25) is 0 Å². The van der Waals surface area contributed by atoms with E-state index in [1.54, 1.807) is 5.01 Å². The van der Waals surface area contributed by atoms with Crippen molar-refractivity contribution in [2.24, 2.45) is 5.84 Å². The van der Waals surface area contributed by atoms with Gasteiger partial charge in [-0.25, -0.2) is 5.84 Å². The smallest absolute Gasteiger partial charge is 0.0574 e. The quantitative estimate of drug-likeness (QED) is 0.554. The highest BCUT2D eigenvalue weighted by atomic mass is 15.4. The largest absolute Gasteiger partial charge is 0.292 e.